The molecule has 2 aromatic carbocycles. The Balaban J connectivity index is 2.17. The third-order valence-corrected chi connectivity index (χ3v) is 2.97. The minimum absolute atomic E-state index is 0.310. The number of benzene rings is 2. The second-order valence-electron chi connectivity index (χ2n) is 4.16. The molecule has 0 saturated carbocycles. The summed E-state index contributed by atoms with van der Waals surface area (Å²) in [5.74, 6) is -0.0668. The minimum Gasteiger partial charge on any atom is -0.488 e. The van der Waals surface area contributed by atoms with Crippen LogP contribution in [-0.2, 0) is 11.3 Å². The van der Waals surface area contributed by atoms with Crippen molar-refractivity contribution in [3.05, 3.63) is 58.6 Å². The molecular weight excluding hydrogens is 278 g/mol. The highest BCUT2D eigenvalue weighted by Gasteiger charge is 2.13. The van der Waals surface area contributed by atoms with E-state index in [4.69, 9.17) is 26.8 Å². The molecule has 5 heteroatoms. The van der Waals surface area contributed by atoms with Gasteiger partial charge in [0.25, 0.3) is 0 Å². The number of ether oxygens (including phenoxy) is 2. The molecule has 0 saturated heterocycles. The largest absolute Gasteiger partial charge is 0.488 e. The molecule has 0 aliphatic carbocycles. The zero-order valence-corrected chi connectivity index (χ0v) is 11.7. The van der Waals surface area contributed by atoms with Crippen molar-refractivity contribution in [2.45, 2.75) is 6.61 Å². The molecule has 0 amide bonds. The van der Waals surface area contributed by atoms with Crippen LogP contribution in [0.25, 0.3) is 0 Å². The van der Waals surface area contributed by atoms with E-state index in [1.54, 1.807) is 30.3 Å². The van der Waals surface area contributed by atoms with E-state index in [9.17, 15) is 4.79 Å². The number of hydrogen-bond acceptors (Lipinski definition) is 4. The van der Waals surface area contributed by atoms with Crippen LogP contribution in [0, 0.1) is 0 Å². The Morgan fingerprint density at radius 2 is 1.90 bits per heavy atom. The molecule has 0 unspecified atom stereocenters. The normalized spacial score (nSPS) is 10.1. The molecule has 0 aliphatic heterocycles. The number of hydrogen-bond donors (Lipinski definition) is 1. The fraction of sp³-hybridized carbons (Fsp3) is 0.133. The van der Waals surface area contributed by atoms with Gasteiger partial charge in [-0.1, -0.05) is 23.7 Å². The SMILES string of the molecule is COC(=O)c1ccc(N)cc1OCc1ccc(Cl)cc1. The van der Waals surface area contributed by atoms with E-state index >= 15 is 0 Å². The van der Waals surface area contributed by atoms with Crippen LogP contribution in [-0.4, -0.2) is 13.1 Å². The summed E-state index contributed by atoms with van der Waals surface area (Å²) < 4.78 is 10.4. The fourth-order valence-corrected chi connectivity index (χ4v) is 1.80. The molecule has 20 heavy (non-hydrogen) atoms. The quantitative estimate of drug-likeness (QED) is 0.693. The van der Waals surface area contributed by atoms with Crippen molar-refractivity contribution in [2.75, 3.05) is 12.8 Å². The van der Waals surface area contributed by atoms with Crippen LogP contribution >= 0.6 is 11.6 Å². The fourth-order valence-electron chi connectivity index (χ4n) is 1.68. The van der Waals surface area contributed by atoms with Crippen molar-refractivity contribution in [2.24, 2.45) is 0 Å². The van der Waals surface area contributed by atoms with Gasteiger partial charge in [-0.3, -0.25) is 0 Å². The Morgan fingerprint density at radius 3 is 2.55 bits per heavy atom. The minimum atomic E-state index is -0.462. The highest BCUT2D eigenvalue weighted by atomic mass is 35.5. The van der Waals surface area contributed by atoms with Gasteiger partial charge in [0.05, 0.1) is 7.11 Å². The summed E-state index contributed by atoms with van der Waals surface area (Å²) in [4.78, 5) is 11.6. The molecule has 2 N–H and O–H groups in total. The first-order valence-corrected chi connectivity index (χ1v) is 6.33. The molecule has 0 radical (unpaired) electrons. The summed E-state index contributed by atoms with van der Waals surface area (Å²) in [5, 5.41) is 0.660. The van der Waals surface area contributed by atoms with Crippen LogP contribution in [0.3, 0.4) is 0 Å². The number of carbonyl (C=O) groups is 1. The van der Waals surface area contributed by atoms with E-state index in [1.165, 1.54) is 7.11 Å². The lowest BCUT2D eigenvalue weighted by Crippen LogP contribution is -2.06. The number of nitrogen functional groups attached to an aromatic ring is 1. The smallest absolute Gasteiger partial charge is 0.341 e. The Kier molecular flexibility index (Phi) is 4.48. The lowest BCUT2D eigenvalue weighted by molar-refractivity contribution is 0.0595. The van der Waals surface area contributed by atoms with Gasteiger partial charge in [0.2, 0.25) is 0 Å². The Labute approximate surface area is 122 Å². The van der Waals surface area contributed by atoms with Gasteiger partial charge in [-0.25, -0.2) is 4.79 Å². The summed E-state index contributed by atoms with van der Waals surface area (Å²) in [6.07, 6.45) is 0. The standard InChI is InChI=1S/C15H14ClNO3/c1-19-15(18)13-7-6-12(17)8-14(13)20-9-10-2-4-11(16)5-3-10/h2-8H,9,17H2,1H3. The average Bonchev–Trinajstić information content (AvgIpc) is 2.46. The van der Waals surface area contributed by atoms with Gasteiger partial charge in [0.15, 0.2) is 0 Å². The number of halogens is 1. The van der Waals surface area contributed by atoms with Gasteiger partial charge in [0.1, 0.15) is 17.9 Å². The second-order valence-corrected chi connectivity index (χ2v) is 4.60. The van der Waals surface area contributed by atoms with Crippen molar-refractivity contribution in [1.29, 1.82) is 0 Å². The van der Waals surface area contributed by atoms with Crippen LogP contribution < -0.4 is 10.5 Å². The van der Waals surface area contributed by atoms with Gasteiger partial charge in [-0.2, -0.15) is 0 Å². The van der Waals surface area contributed by atoms with Crippen LogP contribution in [0.15, 0.2) is 42.5 Å². The summed E-state index contributed by atoms with van der Waals surface area (Å²) in [5.41, 5.74) is 7.51. The molecule has 0 heterocycles. The van der Waals surface area contributed by atoms with Gasteiger partial charge in [-0.05, 0) is 29.8 Å². The number of esters is 1. The molecule has 2 rings (SSSR count). The molecule has 0 bridgehead atoms. The monoisotopic (exact) mass is 291 g/mol. The number of anilines is 1. The number of carbonyl (C=O) groups excluding carboxylic acids is 1. The van der Waals surface area contributed by atoms with Crippen molar-refractivity contribution in [1.82, 2.24) is 0 Å². The van der Waals surface area contributed by atoms with Crippen LogP contribution in [0.5, 0.6) is 5.75 Å². The van der Waals surface area contributed by atoms with Crippen LogP contribution in [0.1, 0.15) is 15.9 Å². The second kappa shape index (κ2) is 6.30. The summed E-state index contributed by atoms with van der Waals surface area (Å²) >= 11 is 5.82. The van der Waals surface area contributed by atoms with Crippen LogP contribution in [0.4, 0.5) is 5.69 Å². The summed E-state index contributed by atoms with van der Waals surface area (Å²) in [6, 6.07) is 12.1. The van der Waals surface area contributed by atoms with E-state index in [1.807, 2.05) is 12.1 Å². The van der Waals surface area contributed by atoms with Crippen molar-refractivity contribution in [3.8, 4) is 5.75 Å². The van der Waals surface area contributed by atoms with Crippen molar-refractivity contribution >= 4 is 23.3 Å². The van der Waals surface area contributed by atoms with Crippen molar-refractivity contribution < 1.29 is 14.3 Å². The first kappa shape index (κ1) is 14.2. The number of methoxy groups -OCH3 is 1. The first-order chi connectivity index (χ1) is 9.60. The number of rotatable bonds is 4. The molecule has 0 atom stereocenters. The topological polar surface area (TPSA) is 61.5 Å². The van der Waals surface area contributed by atoms with Crippen LogP contribution in [0.2, 0.25) is 5.02 Å². The first-order valence-electron chi connectivity index (χ1n) is 5.95. The highest BCUT2D eigenvalue weighted by molar-refractivity contribution is 6.30. The Morgan fingerprint density at radius 1 is 1.20 bits per heavy atom. The van der Waals surface area contributed by atoms with Gasteiger partial charge < -0.3 is 15.2 Å². The van der Waals surface area contributed by atoms with E-state index in [-0.39, 0.29) is 0 Å². The molecule has 4 nitrogen and oxygen atoms in total. The van der Waals surface area contributed by atoms with E-state index in [0.717, 1.165) is 5.56 Å². The zero-order chi connectivity index (χ0) is 14.5. The average molecular weight is 292 g/mol. The predicted molar refractivity (Wildman–Crippen MR) is 78.0 cm³/mol. The molecule has 104 valence electrons. The van der Waals surface area contributed by atoms with E-state index < -0.39 is 5.97 Å². The molecule has 2 aromatic rings. The molecule has 0 aliphatic rings. The van der Waals surface area contributed by atoms with E-state index in [2.05, 4.69) is 0 Å². The maximum Gasteiger partial charge on any atom is 0.341 e. The van der Waals surface area contributed by atoms with Gasteiger partial charge in [-0.15, -0.1) is 0 Å². The zero-order valence-electron chi connectivity index (χ0n) is 10.9. The molecule has 0 fully saturated rings. The third-order valence-electron chi connectivity index (χ3n) is 2.72. The van der Waals surface area contributed by atoms with E-state index in [0.29, 0.717) is 28.6 Å². The molecule has 0 aromatic heterocycles. The van der Waals surface area contributed by atoms with Crippen molar-refractivity contribution in [3.63, 3.8) is 0 Å². The van der Waals surface area contributed by atoms with Gasteiger partial charge >= 0.3 is 5.97 Å². The summed E-state index contributed by atoms with van der Waals surface area (Å²) in [7, 11) is 1.32. The third kappa shape index (κ3) is 3.42. The number of nitrogens with two attached hydrogens (primary N) is 1. The van der Waals surface area contributed by atoms with Gasteiger partial charge in [0, 0.05) is 16.8 Å². The molecular formula is C15H14ClNO3. The summed E-state index contributed by atoms with van der Waals surface area (Å²) in [6.45, 7) is 0.310. The lowest BCUT2D eigenvalue weighted by Gasteiger charge is -2.11. The molecule has 0 spiro atoms. The highest BCUT2D eigenvalue weighted by Crippen LogP contribution is 2.24. The lowest BCUT2D eigenvalue weighted by atomic mass is 10.2. The Bertz CT molecular complexity index is 611. The maximum atomic E-state index is 11.6. The maximum absolute atomic E-state index is 11.6. The predicted octanol–water partition coefficient (Wildman–Crippen LogP) is 3.29. The Hall–Kier alpha value is -2.20.